The second-order valence-corrected chi connectivity index (χ2v) is 7.30. The fraction of sp³-hybridized carbons (Fsp3) is 0.438. The van der Waals surface area contributed by atoms with Crippen LogP contribution < -0.4 is 0 Å². The minimum atomic E-state index is -5.84. The van der Waals surface area contributed by atoms with Crippen molar-refractivity contribution in [3.63, 3.8) is 0 Å². The van der Waals surface area contributed by atoms with Gasteiger partial charge in [0.1, 0.15) is 19.7 Å². The molecule has 0 aliphatic heterocycles. The van der Waals surface area contributed by atoms with Crippen molar-refractivity contribution in [3.05, 3.63) is 48.0 Å². The molecule has 0 bridgehead atoms. The zero-order chi connectivity index (χ0) is 20.4. The van der Waals surface area contributed by atoms with E-state index in [-0.39, 0.29) is 5.97 Å². The first-order chi connectivity index (χ1) is 11.8. The van der Waals surface area contributed by atoms with Crippen molar-refractivity contribution < 1.29 is 40.2 Å². The highest BCUT2D eigenvalue weighted by molar-refractivity contribution is 7.86. The Labute approximate surface area is 151 Å². The minimum Gasteiger partial charge on any atom is -0.457 e. The molecule has 0 saturated heterocycles. The lowest BCUT2D eigenvalue weighted by atomic mass is 10.2. The Bertz CT molecular complexity index is 686. The first-order valence-corrected chi connectivity index (χ1v) is 8.91. The molecule has 1 aromatic carbocycles. The van der Waals surface area contributed by atoms with E-state index in [1.807, 2.05) is 18.2 Å². The number of likely N-dealkylation sites (N-methyl/N-ethyl adjacent to an activating group) is 1. The Morgan fingerprint density at radius 3 is 2.15 bits per heavy atom. The summed E-state index contributed by atoms with van der Waals surface area (Å²) in [4.78, 5) is 11.2. The van der Waals surface area contributed by atoms with E-state index in [1.165, 1.54) is 11.6 Å². The average molecular weight is 398 g/mol. The van der Waals surface area contributed by atoms with E-state index >= 15 is 0 Å². The van der Waals surface area contributed by atoms with Gasteiger partial charge in [-0.25, -0.2) is 4.79 Å². The number of esters is 1. The molecule has 0 atom stereocenters. The lowest BCUT2D eigenvalue weighted by molar-refractivity contribution is -0.903. The number of hydrogen-bond donors (Lipinski definition) is 1. The van der Waals surface area contributed by atoms with Crippen LogP contribution in [0.5, 0.6) is 0 Å². The van der Waals surface area contributed by atoms with Crippen molar-refractivity contribution >= 4 is 16.1 Å². The van der Waals surface area contributed by atoms with Gasteiger partial charge in [-0.1, -0.05) is 36.4 Å². The van der Waals surface area contributed by atoms with Gasteiger partial charge >= 0.3 is 21.6 Å². The minimum absolute atomic E-state index is 0.266. The number of quaternary nitrogens is 1. The molecule has 6 nitrogen and oxygen atoms in total. The van der Waals surface area contributed by atoms with Crippen LogP contribution in [0.2, 0.25) is 0 Å². The SMILES string of the molecule is CC=CC(=O)OCC[N+](C)(C)Cc1ccccc1.O=S(=O)(O)C(F)(F)F. The second-order valence-electron chi connectivity index (χ2n) is 5.89. The molecule has 1 rings (SSSR count). The summed E-state index contributed by atoms with van der Waals surface area (Å²) in [5.41, 5.74) is -4.24. The van der Waals surface area contributed by atoms with Gasteiger partial charge in [0.15, 0.2) is 0 Å². The monoisotopic (exact) mass is 398 g/mol. The molecule has 0 heterocycles. The van der Waals surface area contributed by atoms with E-state index in [1.54, 1.807) is 13.0 Å². The number of hydrogen-bond acceptors (Lipinski definition) is 4. The molecule has 1 N–H and O–H groups in total. The summed E-state index contributed by atoms with van der Waals surface area (Å²) in [6.45, 7) is 3.99. The van der Waals surface area contributed by atoms with Gasteiger partial charge in [-0.15, -0.1) is 0 Å². The molecule has 148 valence electrons. The van der Waals surface area contributed by atoms with Gasteiger partial charge in [0.05, 0.1) is 14.1 Å². The Morgan fingerprint density at radius 1 is 1.23 bits per heavy atom. The third-order valence-electron chi connectivity index (χ3n) is 2.99. The van der Waals surface area contributed by atoms with E-state index in [0.717, 1.165) is 17.6 Å². The van der Waals surface area contributed by atoms with Crippen LogP contribution in [0, 0.1) is 0 Å². The lowest BCUT2D eigenvalue weighted by Crippen LogP contribution is -2.41. The number of halogens is 3. The number of carbonyl (C=O) groups is 1. The number of alkyl halides is 3. The maximum atomic E-state index is 11.2. The summed E-state index contributed by atoms with van der Waals surface area (Å²) < 4.78 is 63.5. The normalized spacial score (nSPS) is 12.4. The molecule has 0 fully saturated rings. The number of ether oxygens (including phenoxy) is 1. The molecular weight excluding hydrogens is 375 g/mol. The predicted molar refractivity (Wildman–Crippen MR) is 90.5 cm³/mol. The van der Waals surface area contributed by atoms with Crippen LogP contribution >= 0.6 is 0 Å². The maximum absolute atomic E-state index is 11.2. The van der Waals surface area contributed by atoms with Crippen LogP contribution in [0.15, 0.2) is 42.5 Å². The molecule has 0 radical (unpaired) electrons. The first kappa shape index (κ1) is 24.1. The highest BCUT2D eigenvalue weighted by atomic mass is 32.2. The van der Waals surface area contributed by atoms with Gasteiger partial charge in [0.25, 0.3) is 0 Å². The molecule has 0 unspecified atom stereocenters. The quantitative estimate of drug-likeness (QED) is 0.262. The number of rotatable bonds is 6. The zero-order valence-electron chi connectivity index (χ0n) is 14.7. The van der Waals surface area contributed by atoms with E-state index in [9.17, 15) is 18.0 Å². The van der Waals surface area contributed by atoms with Crippen LogP contribution in [0.4, 0.5) is 13.2 Å². The van der Waals surface area contributed by atoms with Crippen molar-refractivity contribution in [2.45, 2.75) is 19.0 Å². The molecule has 0 aliphatic rings. The number of allylic oxidation sites excluding steroid dienone is 1. The van der Waals surface area contributed by atoms with Crippen LogP contribution in [-0.2, 0) is 26.2 Å². The summed E-state index contributed by atoms with van der Waals surface area (Å²) in [5.74, 6) is -0.266. The third kappa shape index (κ3) is 10.9. The standard InChI is InChI=1S/C15H22NO2.CHF3O3S/c1-4-8-15(17)18-12-11-16(2,3)13-14-9-6-5-7-10-14;2-1(3,4)8(5,6)7/h4-10H,11-13H2,1-3H3;(H,5,6,7)/q+1;. The second kappa shape index (κ2) is 10.3. The lowest BCUT2D eigenvalue weighted by Gasteiger charge is -2.29. The smallest absolute Gasteiger partial charge is 0.457 e. The fourth-order valence-corrected chi connectivity index (χ4v) is 1.73. The van der Waals surface area contributed by atoms with Gasteiger partial charge in [-0.05, 0) is 6.92 Å². The van der Waals surface area contributed by atoms with Gasteiger partial charge in [0, 0.05) is 11.6 Å². The number of nitrogens with zero attached hydrogens (tertiary/aromatic N) is 1. The summed E-state index contributed by atoms with van der Waals surface area (Å²) in [6.07, 6.45) is 3.13. The van der Waals surface area contributed by atoms with Crippen molar-refractivity contribution in [2.24, 2.45) is 0 Å². The molecule has 1 aromatic rings. The van der Waals surface area contributed by atoms with E-state index in [2.05, 4.69) is 26.2 Å². The van der Waals surface area contributed by atoms with Crippen molar-refractivity contribution in [2.75, 3.05) is 27.2 Å². The van der Waals surface area contributed by atoms with Crippen molar-refractivity contribution in [3.8, 4) is 0 Å². The highest BCUT2D eigenvalue weighted by Gasteiger charge is 2.44. The van der Waals surface area contributed by atoms with E-state index in [0.29, 0.717) is 6.61 Å². The topological polar surface area (TPSA) is 80.7 Å². The van der Waals surface area contributed by atoms with Crippen LogP contribution in [0.3, 0.4) is 0 Å². The summed E-state index contributed by atoms with van der Waals surface area (Å²) >= 11 is 0. The predicted octanol–water partition coefficient (Wildman–Crippen LogP) is 2.78. The van der Waals surface area contributed by atoms with E-state index < -0.39 is 15.6 Å². The number of carbonyl (C=O) groups excluding carboxylic acids is 1. The molecule has 0 amide bonds. The summed E-state index contributed by atoms with van der Waals surface area (Å²) in [6, 6.07) is 10.3. The summed E-state index contributed by atoms with van der Waals surface area (Å²) in [5, 5.41) is 0. The zero-order valence-corrected chi connectivity index (χ0v) is 15.5. The van der Waals surface area contributed by atoms with Crippen molar-refractivity contribution in [1.82, 2.24) is 0 Å². The average Bonchev–Trinajstić information content (AvgIpc) is 2.46. The van der Waals surface area contributed by atoms with E-state index in [4.69, 9.17) is 17.7 Å². The van der Waals surface area contributed by atoms with Crippen LogP contribution in [0.1, 0.15) is 12.5 Å². The van der Waals surface area contributed by atoms with Gasteiger partial charge < -0.3 is 9.22 Å². The Morgan fingerprint density at radius 2 is 1.73 bits per heavy atom. The summed E-state index contributed by atoms with van der Waals surface area (Å²) in [7, 11) is -1.57. The Balaban J connectivity index is 0.000000660. The molecular formula is C16H23F3NO5S+. The molecule has 10 heteroatoms. The first-order valence-electron chi connectivity index (χ1n) is 7.47. The van der Waals surface area contributed by atoms with Gasteiger partial charge in [-0.3, -0.25) is 4.55 Å². The largest absolute Gasteiger partial charge is 0.522 e. The number of benzene rings is 1. The third-order valence-corrected chi connectivity index (χ3v) is 3.57. The molecule has 0 aliphatic carbocycles. The molecule has 0 aromatic heterocycles. The van der Waals surface area contributed by atoms with Crippen LogP contribution in [0.25, 0.3) is 0 Å². The Kier molecular flexibility index (Phi) is 9.53. The van der Waals surface area contributed by atoms with Crippen molar-refractivity contribution in [1.29, 1.82) is 0 Å². The molecule has 0 spiro atoms. The fourth-order valence-electron chi connectivity index (χ4n) is 1.73. The molecule has 0 saturated carbocycles. The Hall–Kier alpha value is -1.91. The van der Waals surface area contributed by atoms with Gasteiger partial charge in [0.2, 0.25) is 0 Å². The van der Waals surface area contributed by atoms with Crippen LogP contribution in [-0.4, -0.2) is 56.2 Å². The maximum Gasteiger partial charge on any atom is 0.522 e. The molecule has 26 heavy (non-hydrogen) atoms. The van der Waals surface area contributed by atoms with Gasteiger partial charge in [-0.2, -0.15) is 21.6 Å². The highest BCUT2D eigenvalue weighted by Crippen LogP contribution is 2.20.